The Morgan fingerprint density at radius 3 is 1.62 bits per heavy atom. The Morgan fingerprint density at radius 2 is 1.17 bits per heavy atom. The first-order valence-corrected chi connectivity index (χ1v) is 23.8. The van der Waals surface area contributed by atoms with Crippen LogP contribution in [0.5, 0.6) is 23.0 Å². The zero-order chi connectivity index (χ0) is 44.4. The molecular formula is C43H42N4Na2O12S4. The van der Waals surface area contributed by atoms with Gasteiger partial charge in [-0.15, -0.1) is 23.5 Å². The van der Waals surface area contributed by atoms with Crippen LogP contribution in [0.15, 0.2) is 95.0 Å². The van der Waals surface area contributed by atoms with E-state index in [9.17, 15) is 22.6 Å². The van der Waals surface area contributed by atoms with E-state index in [4.69, 9.17) is 28.9 Å². The van der Waals surface area contributed by atoms with E-state index in [1.165, 1.54) is 31.3 Å². The molecule has 65 heavy (non-hydrogen) atoms. The molecule has 0 saturated heterocycles. The van der Waals surface area contributed by atoms with Gasteiger partial charge < -0.3 is 61.2 Å². The molecule has 4 atom stereocenters. The van der Waals surface area contributed by atoms with Crippen molar-refractivity contribution in [2.45, 2.75) is 52.7 Å². The second kappa shape index (κ2) is 22.4. The maximum Gasteiger partial charge on any atom is 1.00 e. The quantitative estimate of drug-likeness (QED) is 0.0307. The number of thioether (sulfide) groups is 2. The molecule has 4 heterocycles. The molecular weight excluding hydrogens is 939 g/mol. The molecule has 0 radical (unpaired) electrons. The fraction of sp³-hybridized carbons (Fsp3) is 0.302. The summed E-state index contributed by atoms with van der Waals surface area (Å²) in [4.78, 5) is 38.7. The molecule has 4 aliphatic heterocycles. The van der Waals surface area contributed by atoms with Crippen molar-refractivity contribution in [2.75, 3.05) is 50.6 Å². The van der Waals surface area contributed by atoms with Gasteiger partial charge >= 0.3 is 59.1 Å². The Labute approximate surface area is 435 Å². The molecule has 2 amide bonds. The number of amides is 2. The summed E-state index contributed by atoms with van der Waals surface area (Å²) < 4.78 is 66.0. The normalized spacial score (nSPS) is 19.6. The van der Waals surface area contributed by atoms with Crippen molar-refractivity contribution in [2.24, 2.45) is 0 Å². The number of ether oxygens (including phenoxy) is 4. The number of nitrogens with zero attached hydrogens (tertiary/aromatic N) is 2. The van der Waals surface area contributed by atoms with Crippen LogP contribution >= 0.6 is 23.5 Å². The smallest absolute Gasteiger partial charge is 0.746 e. The SMILES string of the molecule is COc1cc2c(cc1OCCCOc1cc3c(cc1OC)C(=O)N1C=C(c4ccc(SC)cc4)C[C@H]1C(S(=O)(=O)[O-])N3)NC(OOO[S-])[C@@H]1CC(c3ccc(SC)cc3)=CN1C2=O.[Na+].[Na+]. The maximum atomic E-state index is 14.1. The fourth-order valence-electron chi connectivity index (χ4n) is 8.07. The molecule has 4 aromatic carbocycles. The van der Waals surface area contributed by atoms with Crippen molar-refractivity contribution >= 4 is 80.9 Å². The van der Waals surface area contributed by atoms with Crippen LogP contribution in [0.1, 0.15) is 51.1 Å². The minimum absolute atomic E-state index is 0. The van der Waals surface area contributed by atoms with E-state index in [0.29, 0.717) is 35.6 Å². The van der Waals surface area contributed by atoms with Crippen LogP contribution in [-0.2, 0) is 37.3 Å². The standard InChI is InChI=1S/C43H44N4O12S4.2Na/c1-53-36-18-30-32(44-40(57-58-59-60)34-16-26(22-46(34)42(30)48)24-6-10-28(61-3)11-7-24)20-38(36)55-14-5-15-56-39-21-33-31(19-37(39)54-2)43(49)47-23-27(25-8-12-29(62-4)13-9-25)17-35(47)41(45-33)63(50,51)52;;/h6-13,18-23,34-35,40-41,44-45,60H,5,14-17H2,1-4H3,(H,50,51,52);;/q;2*+1/p-2/t34-,35-,40?,41?;;/m0../s1. The van der Waals surface area contributed by atoms with Crippen LogP contribution in [0.3, 0.4) is 0 Å². The third-order valence-electron chi connectivity index (χ3n) is 11.2. The summed E-state index contributed by atoms with van der Waals surface area (Å²) in [5.74, 6) is 0.276. The average Bonchev–Trinajstić information content (AvgIpc) is 3.90. The van der Waals surface area contributed by atoms with Crippen molar-refractivity contribution in [1.29, 1.82) is 0 Å². The van der Waals surface area contributed by atoms with Gasteiger partial charge in [-0.05, 0) is 84.0 Å². The van der Waals surface area contributed by atoms with Gasteiger partial charge in [-0.1, -0.05) is 29.3 Å². The number of hydrogen-bond donors (Lipinski definition) is 2. The predicted molar refractivity (Wildman–Crippen MR) is 238 cm³/mol. The molecule has 0 fully saturated rings. The van der Waals surface area contributed by atoms with E-state index in [1.807, 2.05) is 61.0 Å². The van der Waals surface area contributed by atoms with E-state index in [0.717, 1.165) is 32.1 Å². The zero-order valence-electron chi connectivity index (χ0n) is 36.4. The van der Waals surface area contributed by atoms with Crippen molar-refractivity contribution in [3.8, 4) is 23.0 Å². The van der Waals surface area contributed by atoms with Crippen molar-refractivity contribution < 1.29 is 115 Å². The monoisotopic (exact) mass is 980 g/mol. The topological polar surface area (TPSA) is 186 Å². The molecule has 4 aliphatic rings. The van der Waals surface area contributed by atoms with Crippen LogP contribution in [0, 0.1) is 0 Å². The number of carbonyl (C=O) groups excluding carboxylic acids is 2. The van der Waals surface area contributed by atoms with E-state index < -0.39 is 39.7 Å². The second-order valence-corrected chi connectivity index (χ2v) is 18.1. The van der Waals surface area contributed by atoms with Gasteiger partial charge in [0.05, 0.1) is 62.0 Å². The maximum absolute atomic E-state index is 14.1. The number of anilines is 2. The molecule has 0 spiro atoms. The number of fused-ring (bicyclic) bond motifs is 4. The van der Waals surface area contributed by atoms with Gasteiger partial charge in [0.1, 0.15) is 15.5 Å². The van der Waals surface area contributed by atoms with Crippen LogP contribution in [0.4, 0.5) is 11.4 Å². The number of benzene rings is 4. The van der Waals surface area contributed by atoms with Crippen molar-refractivity contribution in [3.05, 3.63) is 107 Å². The summed E-state index contributed by atoms with van der Waals surface area (Å²) in [6, 6.07) is 20.4. The van der Waals surface area contributed by atoms with Crippen molar-refractivity contribution in [3.63, 3.8) is 0 Å². The molecule has 0 saturated carbocycles. The summed E-state index contributed by atoms with van der Waals surface area (Å²) in [6.45, 7) is 0.240. The first-order valence-electron chi connectivity index (χ1n) is 19.6. The van der Waals surface area contributed by atoms with E-state index in [1.54, 1.807) is 53.0 Å². The molecule has 4 aromatic rings. The largest absolute Gasteiger partial charge is 1.00 e. The molecule has 16 nitrogen and oxygen atoms in total. The third-order valence-corrected chi connectivity index (χ3v) is 13.8. The van der Waals surface area contributed by atoms with E-state index in [2.05, 4.69) is 27.9 Å². The molecule has 0 bridgehead atoms. The number of rotatable bonds is 16. The summed E-state index contributed by atoms with van der Waals surface area (Å²) in [7, 11) is -2.06. The molecule has 332 valence electrons. The van der Waals surface area contributed by atoms with Crippen LogP contribution in [0.2, 0.25) is 0 Å². The molecule has 0 aliphatic carbocycles. The van der Waals surface area contributed by atoms with Crippen LogP contribution in [-0.4, -0.2) is 98.2 Å². The Hall–Kier alpha value is -3.06. The fourth-order valence-corrected chi connectivity index (χ4v) is 9.80. The summed E-state index contributed by atoms with van der Waals surface area (Å²) in [5.41, 5.74) is 4.38. The molecule has 22 heteroatoms. The molecule has 2 N–H and O–H groups in total. The Morgan fingerprint density at radius 1 is 0.708 bits per heavy atom. The van der Waals surface area contributed by atoms with Crippen molar-refractivity contribution in [1.82, 2.24) is 9.80 Å². The molecule has 8 rings (SSSR count). The summed E-state index contributed by atoms with van der Waals surface area (Å²) >= 11 is 7.71. The summed E-state index contributed by atoms with van der Waals surface area (Å²) in [5, 5.41) is 9.18. The van der Waals surface area contributed by atoms with E-state index >= 15 is 0 Å². The molecule has 2 unspecified atom stereocenters. The predicted octanol–water partition coefficient (Wildman–Crippen LogP) is 0.905. The molecule has 0 aromatic heterocycles. The Balaban J connectivity index is 0.00000350. The van der Waals surface area contributed by atoms with Gasteiger partial charge in [0.15, 0.2) is 29.2 Å². The van der Waals surface area contributed by atoms with Gasteiger partial charge in [-0.3, -0.25) is 9.59 Å². The van der Waals surface area contributed by atoms with Gasteiger partial charge in [0.25, 0.3) is 11.8 Å². The minimum Gasteiger partial charge on any atom is -0.746 e. The van der Waals surface area contributed by atoms with Gasteiger partial charge in [-0.2, -0.15) is 4.89 Å². The number of carbonyl (C=O) groups is 2. The van der Waals surface area contributed by atoms with E-state index in [-0.39, 0.29) is 107 Å². The average molecular weight is 981 g/mol. The Kier molecular flexibility index (Phi) is 17.7. The number of nitrogens with one attached hydrogen (secondary N) is 2. The van der Waals surface area contributed by atoms with Gasteiger partial charge in [-0.25, -0.2) is 8.42 Å². The second-order valence-electron chi connectivity index (χ2n) is 14.7. The number of hydrogen-bond acceptors (Lipinski definition) is 17. The minimum atomic E-state index is -4.95. The third kappa shape index (κ3) is 11.0. The number of methoxy groups -OCH3 is 2. The Bertz CT molecular complexity index is 2570. The van der Waals surface area contributed by atoms with Gasteiger partial charge in [0, 0.05) is 40.7 Å². The van der Waals surface area contributed by atoms with Crippen LogP contribution in [0.25, 0.3) is 11.1 Å². The van der Waals surface area contributed by atoms with Gasteiger partial charge in [0.2, 0.25) is 0 Å². The first-order chi connectivity index (χ1) is 30.4. The zero-order valence-corrected chi connectivity index (χ0v) is 43.6. The first kappa shape index (κ1) is 51.3. The van der Waals surface area contributed by atoms with Crippen LogP contribution < -0.4 is 88.7 Å². The summed E-state index contributed by atoms with van der Waals surface area (Å²) in [6.07, 6.45) is 7.43.